The maximum absolute atomic E-state index is 12.7. The number of hydrogen-bond acceptors (Lipinski definition) is 5. The summed E-state index contributed by atoms with van der Waals surface area (Å²) in [5.74, 6) is 1.31. The van der Waals surface area contributed by atoms with Crippen LogP contribution >= 0.6 is 0 Å². The van der Waals surface area contributed by atoms with Crippen LogP contribution in [0.1, 0.15) is 12.5 Å². The van der Waals surface area contributed by atoms with Gasteiger partial charge in [-0.05, 0) is 23.6 Å². The molecule has 3 heterocycles. The van der Waals surface area contributed by atoms with Crippen LogP contribution in [0.4, 0.5) is 5.82 Å². The summed E-state index contributed by atoms with van der Waals surface area (Å²) in [5.41, 5.74) is 6.88. The number of aromatic nitrogens is 1. The van der Waals surface area contributed by atoms with E-state index < -0.39 is 0 Å². The molecule has 0 unspecified atom stereocenters. The second-order valence-electron chi connectivity index (χ2n) is 6.30. The first-order valence-electron chi connectivity index (χ1n) is 7.93. The van der Waals surface area contributed by atoms with Crippen molar-refractivity contribution >= 4 is 11.7 Å². The molecule has 0 saturated carbocycles. The van der Waals surface area contributed by atoms with Crippen LogP contribution in [-0.2, 0) is 16.1 Å². The summed E-state index contributed by atoms with van der Waals surface area (Å²) in [4.78, 5) is 21.0. The monoisotopic (exact) mass is 304 g/mol. The number of anilines is 1. The second kappa shape index (κ2) is 6.62. The zero-order valence-electron chi connectivity index (χ0n) is 13.1. The van der Waals surface area contributed by atoms with Crippen LogP contribution in [0.25, 0.3) is 0 Å². The van der Waals surface area contributed by atoms with E-state index in [4.69, 9.17) is 10.5 Å². The van der Waals surface area contributed by atoms with Crippen LogP contribution in [0.3, 0.4) is 0 Å². The van der Waals surface area contributed by atoms with Gasteiger partial charge in [0.05, 0.1) is 19.1 Å². The maximum Gasteiger partial charge on any atom is 0.227 e. The Morgan fingerprint density at radius 3 is 2.91 bits per heavy atom. The highest BCUT2D eigenvalue weighted by molar-refractivity contribution is 5.79. The van der Waals surface area contributed by atoms with Gasteiger partial charge in [0.2, 0.25) is 5.91 Å². The van der Waals surface area contributed by atoms with Gasteiger partial charge in [0, 0.05) is 38.9 Å². The van der Waals surface area contributed by atoms with Crippen molar-refractivity contribution in [2.75, 3.05) is 45.1 Å². The van der Waals surface area contributed by atoms with Crippen molar-refractivity contribution in [2.24, 2.45) is 11.8 Å². The number of pyridine rings is 1. The Morgan fingerprint density at radius 1 is 1.41 bits per heavy atom. The molecule has 0 radical (unpaired) electrons. The molecule has 6 heteroatoms. The molecule has 0 bridgehead atoms. The van der Waals surface area contributed by atoms with Crippen LogP contribution in [0, 0.1) is 11.8 Å². The number of likely N-dealkylation sites (tertiary alicyclic amines) is 1. The van der Waals surface area contributed by atoms with Crippen LogP contribution in [0.5, 0.6) is 0 Å². The molecular weight excluding hydrogens is 280 g/mol. The van der Waals surface area contributed by atoms with Gasteiger partial charge in [-0.15, -0.1) is 0 Å². The predicted molar refractivity (Wildman–Crippen MR) is 84.0 cm³/mol. The Balaban J connectivity index is 1.60. The molecule has 2 atom stereocenters. The van der Waals surface area contributed by atoms with E-state index in [0.717, 1.165) is 38.3 Å². The highest BCUT2D eigenvalue weighted by Gasteiger charge is 2.37. The Labute approximate surface area is 131 Å². The van der Waals surface area contributed by atoms with E-state index in [1.807, 2.05) is 17.0 Å². The molecule has 0 spiro atoms. The maximum atomic E-state index is 12.7. The number of nitrogens with two attached hydrogens (primary N) is 1. The van der Waals surface area contributed by atoms with E-state index in [0.29, 0.717) is 24.9 Å². The van der Waals surface area contributed by atoms with E-state index in [-0.39, 0.29) is 11.8 Å². The second-order valence-corrected chi connectivity index (χ2v) is 6.30. The lowest BCUT2D eigenvalue weighted by molar-refractivity contribution is -0.140. The minimum atomic E-state index is 0.0947. The molecule has 0 aromatic carbocycles. The van der Waals surface area contributed by atoms with Crippen molar-refractivity contribution in [1.29, 1.82) is 0 Å². The molecule has 1 amide bonds. The topological polar surface area (TPSA) is 71.7 Å². The lowest BCUT2D eigenvalue weighted by atomic mass is 9.96. The van der Waals surface area contributed by atoms with Crippen LogP contribution in [0.15, 0.2) is 18.3 Å². The van der Waals surface area contributed by atoms with Gasteiger partial charge in [0.25, 0.3) is 0 Å². The molecule has 2 aliphatic rings. The number of ether oxygens (including phenoxy) is 1. The highest BCUT2D eigenvalue weighted by atomic mass is 16.5. The first kappa shape index (κ1) is 15.2. The quantitative estimate of drug-likeness (QED) is 0.885. The van der Waals surface area contributed by atoms with Gasteiger partial charge < -0.3 is 15.4 Å². The summed E-state index contributed by atoms with van der Waals surface area (Å²) in [5, 5.41) is 0. The number of rotatable bonds is 3. The van der Waals surface area contributed by atoms with Gasteiger partial charge in [0.15, 0.2) is 0 Å². The zero-order valence-corrected chi connectivity index (χ0v) is 13.1. The Morgan fingerprint density at radius 2 is 2.18 bits per heavy atom. The van der Waals surface area contributed by atoms with Gasteiger partial charge in [-0.1, -0.05) is 6.92 Å². The predicted octanol–water partition coefficient (Wildman–Crippen LogP) is 0.591. The molecule has 0 aliphatic carbocycles. The first-order valence-corrected chi connectivity index (χ1v) is 7.93. The third-order valence-electron chi connectivity index (χ3n) is 4.58. The van der Waals surface area contributed by atoms with Crippen LogP contribution in [0.2, 0.25) is 0 Å². The number of nitrogens with zero attached hydrogens (tertiary/aromatic N) is 3. The summed E-state index contributed by atoms with van der Waals surface area (Å²) in [6, 6.07) is 3.89. The lowest BCUT2D eigenvalue weighted by Gasteiger charge is -2.30. The average Bonchev–Trinajstić information content (AvgIpc) is 2.88. The highest BCUT2D eigenvalue weighted by Crippen LogP contribution is 2.26. The van der Waals surface area contributed by atoms with Gasteiger partial charge in [-0.3, -0.25) is 9.69 Å². The normalized spacial score (nSPS) is 26.3. The fourth-order valence-electron chi connectivity index (χ4n) is 3.39. The van der Waals surface area contributed by atoms with Crippen molar-refractivity contribution in [2.45, 2.75) is 13.5 Å². The first-order chi connectivity index (χ1) is 10.6. The van der Waals surface area contributed by atoms with E-state index in [1.165, 1.54) is 0 Å². The van der Waals surface area contributed by atoms with Gasteiger partial charge in [0.1, 0.15) is 5.82 Å². The molecule has 2 N–H and O–H groups in total. The molecule has 2 aliphatic heterocycles. The van der Waals surface area contributed by atoms with E-state index >= 15 is 0 Å². The van der Waals surface area contributed by atoms with Gasteiger partial charge >= 0.3 is 0 Å². The number of carbonyl (C=O) groups excluding carboxylic acids is 1. The molecule has 6 nitrogen and oxygen atoms in total. The molecule has 3 rings (SSSR count). The molecule has 2 fully saturated rings. The van der Waals surface area contributed by atoms with Gasteiger partial charge in [-0.2, -0.15) is 0 Å². The minimum Gasteiger partial charge on any atom is -0.384 e. The number of hydrogen-bond donors (Lipinski definition) is 1. The van der Waals surface area contributed by atoms with Crippen molar-refractivity contribution in [1.82, 2.24) is 14.8 Å². The fourth-order valence-corrected chi connectivity index (χ4v) is 3.39. The standard InChI is InChI=1S/C16H24N4O2/c1-12-9-19(10-13-2-3-18-15(17)8-13)11-14(12)16(21)20-4-6-22-7-5-20/h2-3,8,12,14H,4-7,9-11H2,1H3,(H2,17,18)/t12-,14-/m1/s1. The lowest BCUT2D eigenvalue weighted by Crippen LogP contribution is -2.45. The summed E-state index contributed by atoms with van der Waals surface area (Å²) in [6.07, 6.45) is 1.74. The smallest absolute Gasteiger partial charge is 0.227 e. The number of amides is 1. The summed E-state index contributed by atoms with van der Waals surface area (Å²) < 4.78 is 5.33. The molecule has 22 heavy (non-hydrogen) atoms. The number of morpholine rings is 1. The third-order valence-corrected chi connectivity index (χ3v) is 4.58. The molecular formula is C16H24N4O2. The molecule has 120 valence electrons. The zero-order chi connectivity index (χ0) is 15.5. The van der Waals surface area contributed by atoms with Gasteiger partial charge in [-0.25, -0.2) is 4.98 Å². The van der Waals surface area contributed by atoms with E-state index in [9.17, 15) is 4.79 Å². The van der Waals surface area contributed by atoms with E-state index in [2.05, 4.69) is 16.8 Å². The average molecular weight is 304 g/mol. The van der Waals surface area contributed by atoms with Crippen molar-refractivity contribution in [3.05, 3.63) is 23.9 Å². The summed E-state index contributed by atoms with van der Waals surface area (Å²) in [7, 11) is 0. The summed E-state index contributed by atoms with van der Waals surface area (Å²) >= 11 is 0. The Bertz CT molecular complexity index is 531. The third kappa shape index (κ3) is 3.39. The minimum absolute atomic E-state index is 0.0947. The Kier molecular flexibility index (Phi) is 4.59. The molecule has 1 aromatic rings. The van der Waals surface area contributed by atoms with Crippen molar-refractivity contribution < 1.29 is 9.53 Å². The number of nitrogen functional groups attached to an aromatic ring is 1. The van der Waals surface area contributed by atoms with Crippen molar-refractivity contribution in [3.63, 3.8) is 0 Å². The fraction of sp³-hybridized carbons (Fsp3) is 0.625. The number of carbonyl (C=O) groups is 1. The molecule has 1 aromatic heterocycles. The van der Waals surface area contributed by atoms with Crippen LogP contribution < -0.4 is 5.73 Å². The van der Waals surface area contributed by atoms with Crippen LogP contribution in [-0.4, -0.2) is 60.1 Å². The van der Waals surface area contributed by atoms with Crippen molar-refractivity contribution in [3.8, 4) is 0 Å². The summed E-state index contributed by atoms with van der Waals surface area (Å²) in [6.45, 7) is 7.53. The SMILES string of the molecule is C[C@@H]1CN(Cc2ccnc(N)c2)C[C@H]1C(=O)N1CCOCC1. The molecule has 2 saturated heterocycles. The largest absolute Gasteiger partial charge is 0.384 e. The Hall–Kier alpha value is -1.66. The van der Waals surface area contributed by atoms with E-state index in [1.54, 1.807) is 6.20 Å².